The number of nitrogens with zero attached hydrogens (tertiary/aromatic N) is 1. The maximum Gasteiger partial charge on any atom is 0.255 e. The third kappa shape index (κ3) is 4.84. The molecule has 2 aromatic carbocycles. The number of carbonyl (C=O) groups is 3. The van der Waals surface area contributed by atoms with Crippen molar-refractivity contribution in [3.8, 4) is 0 Å². The molecule has 1 aliphatic heterocycles. The zero-order chi connectivity index (χ0) is 21.1. The lowest BCUT2D eigenvalue weighted by molar-refractivity contribution is -0.135. The molecule has 1 saturated carbocycles. The fourth-order valence-electron chi connectivity index (χ4n) is 3.73. The minimum atomic E-state index is -0.435. The van der Waals surface area contributed by atoms with Gasteiger partial charge in [-0.1, -0.05) is 12.1 Å². The van der Waals surface area contributed by atoms with Gasteiger partial charge in [0.15, 0.2) is 0 Å². The molecule has 156 valence electrons. The smallest absolute Gasteiger partial charge is 0.255 e. The van der Waals surface area contributed by atoms with Gasteiger partial charge in [-0.05, 0) is 62.1 Å². The zero-order valence-corrected chi connectivity index (χ0v) is 16.6. The Morgan fingerprint density at radius 3 is 2.37 bits per heavy atom. The van der Waals surface area contributed by atoms with Crippen molar-refractivity contribution in [1.82, 2.24) is 4.90 Å². The molecule has 7 heteroatoms. The first kappa shape index (κ1) is 20.1. The minimum Gasteiger partial charge on any atom is -0.342 e. The molecule has 0 radical (unpaired) electrons. The largest absolute Gasteiger partial charge is 0.342 e. The molecule has 0 bridgehead atoms. The highest BCUT2D eigenvalue weighted by Gasteiger charge is 2.36. The number of rotatable bonds is 5. The summed E-state index contributed by atoms with van der Waals surface area (Å²) in [6.45, 7) is 1.16. The average Bonchev–Trinajstić information content (AvgIpc) is 3.59. The molecular weight excluding hydrogens is 385 g/mol. The van der Waals surface area contributed by atoms with E-state index in [1.54, 1.807) is 30.3 Å². The van der Waals surface area contributed by atoms with Crippen LogP contribution >= 0.6 is 0 Å². The maximum atomic E-state index is 13.3. The maximum absolute atomic E-state index is 13.3. The van der Waals surface area contributed by atoms with Crippen LogP contribution < -0.4 is 10.6 Å². The van der Waals surface area contributed by atoms with E-state index in [-0.39, 0.29) is 23.7 Å². The molecule has 1 aliphatic carbocycles. The third-order valence-electron chi connectivity index (χ3n) is 5.51. The van der Waals surface area contributed by atoms with Crippen molar-refractivity contribution in [2.24, 2.45) is 11.8 Å². The number of nitrogens with one attached hydrogen (secondary N) is 2. The van der Waals surface area contributed by atoms with E-state index in [2.05, 4.69) is 10.6 Å². The SMILES string of the molecule is O=C(Nc1cccc(F)c1)c1cccc(NC(=O)C2CCCN(C(=O)C3CC3)C2)c1. The van der Waals surface area contributed by atoms with E-state index in [1.165, 1.54) is 18.2 Å². The van der Waals surface area contributed by atoms with Crippen molar-refractivity contribution >= 4 is 29.1 Å². The summed E-state index contributed by atoms with van der Waals surface area (Å²) in [7, 11) is 0. The predicted molar refractivity (Wildman–Crippen MR) is 111 cm³/mol. The van der Waals surface area contributed by atoms with Gasteiger partial charge in [-0.15, -0.1) is 0 Å². The normalized spacial score (nSPS) is 18.6. The Hall–Kier alpha value is -3.22. The lowest BCUT2D eigenvalue weighted by atomic mass is 9.96. The Morgan fingerprint density at radius 1 is 0.900 bits per heavy atom. The number of piperidine rings is 1. The Bertz CT molecular complexity index is 974. The second-order valence-electron chi connectivity index (χ2n) is 7.93. The van der Waals surface area contributed by atoms with Crippen LogP contribution in [-0.4, -0.2) is 35.7 Å². The van der Waals surface area contributed by atoms with Gasteiger partial charge in [0.25, 0.3) is 5.91 Å². The van der Waals surface area contributed by atoms with Gasteiger partial charge in [0.2, 0.25) is 11.8 Å². The second kappa shape index (κ2) is 8.65. The molecule has 2 fully saturated rings. The van der Waals surface area contributed by atoms with Gasteiger partial charge in [-0.2, -0.15) is 0 Å². The number of anilines is 2. The first-order valence-corrected chi connectivity index (χ1v) is 10.3. The van der Waals surface area contributed by atoms with Crippen molar-refractivity contribution in [3.63, 3.8) is 0 Å². The van der Waals surface area contributed by atoms with Crippen LogP contribution in [0.3, 0.4) is 0 Å². The van der Waals surface area contributed by atoms with Crippen LogP contribution in [0.1, 0.15) is 36.0 Å². The molecule has 0 aromatic heterocycles. The van der Waals surface area contributed by atoms with Gasteiger partial charge in [-0.3, -0.25) is 14.4 Å². The van der Waals surface area contributed by atoms with Crippen molar-refractivity contribution in [3.05, 3.63) is 59.9 Å². The van der Waals surface area contributed by atoms with Crippen LogP contribution in [0.15, 0.2) is 48.5 Å². The summed E-state index contributed by atoms with van der Waals surface area (Å²) < 4.78 is 13.3. The summed E-state index contributed by atoms with van der Waals surface area (Å²) in [6.07, 6.45) is 3.46. The van der Waals surface area contributed by atoms with E-state index >= 15 is 0 Å². The van der Waals surface area contributed by atoms with Crippen LogP contribution in [0.5, 0.6) is 0 Å². The number of likely N-dealkylation sites (tertiary alicyclic amines) is 1. The molecule has 2 aliphatic rings. The predicted octanol–water partition coefficient (Wildman–Crippen LogP) is 3.67. The molecule has 2 N–H and O–H groups in total. The highest BCUT2D eigenvalue weighted by Crippen LogP contribution is 2.32. The number of hydrogen-bond acceptors (Lipinski definition) is 3. The Labute approximate surface area is 174 Å². The summed E-state index contributed by atoms with van der Waals surface area (Å²) >= 11 is 0. The monoisotopic (exact) mass is 409 g/mol. The minimum absolute atomic E-state index is 0.147. The number of hydrogen-bond donors (Lipinski definition) is 2. The average molecular weight is 409 g/mol. The quantitative estimate of drug-likeness (QED) is 0.791. The number of benzene rings is 2. The number of halogens is 1. The summed E-state index contributed by atoms with van der Waals surface area (Å²) in [5.41, 5.74) is 1.22. The van der Waals surface area contributed by atoms with Crippen LogP contribution in [-0.2, 0) is 9.59 Å². The van der Waals surface area contributed by atoms with Gasteiger partial charge in [0.1, 0.15) is 5.82 Å². The first-order chi connectivity index (χ1) is 14.5. The van der Waals surface area contributed by atoms with E-state index in [0.29, 0.717) is 23.5 Å². The van der Waals surface area contributed by atoms with Gasteiger partial charge in [0.05, 0.1) is 5.92 Å². The summed E-state index contributed by atoms with van der Waals surface area (Å²) in [5, 5.41) is 5.51. The van der Waals surface area contributed by atoms with Gasteiger partial charge in [-0.25, -0.2) is 4.39 Å². The fourth-order valence-corrected chi connectivity index (χ4v) is 3.73. The molecular formula is C23H24FN3O3. The van der Waals surface area contributed by atoms with Crippen LogP contribution in [0.4, 0.5) is 15.8 Å². The number of carbonyl (C=O) groups excluding carboxylic acids is 3. The van der Waals surface area contributed by atoms with Gasteiger partial charge >= 0.3 is 0 Å². The number of amides is 3. The zero-order valence-electron chi connectivity index (χ0n) is 16.6. The molecule has 0 spiro atoms. The molecule has 4 rings (SSSR count). The van der Waals surface area contributed by atoms with Crippen LogP contribution in [0.25, 0.3) is 0 Å². The van der Waals surface area contributed by atoms with E-state index in [1.807, 2.05) is 4.90 Å². The molecule has 6 nitrogen and oxygen atoms in total. The Morgan fingerprint density at radius 2 is 1.63 bits per heavy atom. The molecule has 1 saturated heterocycles. The summed E-state index contributed by atoms with van der Waals surface area (Å²) in [4.78, 5) is 39.3. The van der Waals surface area contributed by atoms with E-state index in [4.69, 9.17) is 0 Å². The topological polar surface area (TPSA) is 78.5 Å². The van der Waals surface area contributed by atoms with Gasteiger partial charge in [0, 0.05) is 35.9 Å². The third-order valence-corrected chi connectivity index (χ3v) is 5.51. The van der Waals surface area contributed by atoms with E-state index in [0.717, 1.165) is 32.2 Å². The lowest BCUT2D eigenvalue weighted by Gasteiger charge is -2.32. The first-order valence-electron chi connectivity index (χ1n) is 10.3. The van der Waals surface area contributed by atoms with E-state index < -0.39 is 11.7 Å². The molecule has 1 heterocycles. The van der Waals surface area contributed by atoms with Crippen LogP contribution in [0.2, 0.25) is 0 Å². The second-order valence-corrected chi connectivity index (χ2v) is 7.93. The van der Waals surface area contributed by atoms with Crippen molar-refractivity contribution < 1.29 is 18.8 Å². The summed E-state index contributed by atoms with van der Waals surface area (Å²) in [5.74, 6) is -0.910. The highest BCUT2D eigenvalue weighted by atomic mass is 19.1. The van der Waals surface area contributed by atoms with E-state index in [9.17, 15) is 18.8 Å². The van der Waals surface area contributed by atoms with Crippen molar-refractivity contribution in [2.75, 3.05) is 23.7 Å². The van der Waals surface area contributed by atoms with Crippen molar-refractivity contribution in [2.45, 2.75) is 25.7 Å². The van der Waals surface area contributed by atoms with Crippen LogP contribution in [0, 0.1) is 17.7 Å². The molecule has 1 atom stereocenters. The highest BCUT2D eigenvalue weighted by molar-refractivity contribution is 6.05. The fraction of sp³-hybridized carbons (Fsp3) is 0.348. The Balaban J connectivity index is 1.38. The lowest BCUT2D eigenvalue weighted by Crippen LogP contribution is -2.44. The molecule has 3 amide bonds. The standard InChI is InChI=1S/C23H24FN3O3/c24-18-6-2-8-20(13-18)26-21(28)16-4-1-7-19(12-16)25-22(29)17-5-3-11-27(14-17)23(30)15-9-10-15/h1-2,4,6-8,12-13,15,17H,3,5,9-11,14H2,(H,25,29)(H,26,28). The summed E-state index contributed by atoms with van der Waals surface area (Å²) in [6, 6.07) is 12.3. The Kier molecular flexibility index (Phi) is 5.79. The van der Waals surface area contributed by atoms with Crippen molar-refractivity contribution in [1.29, 1.82) is 0 Å². The van der Waals surface area contributed by atoms with Gasteiger partial charge < -0.3 is 15.5 Å². The molecule has 30 heavy (non-hydrogen) atoms. The molecule has 1 unspecified atom stereocenters. The molecule has 2 aromatic rings.